The first-order valence-corrected chi connectivity index (χ1v) is 6.95. The van der Waals surface area contributed by atoms with Gasteiger partial charge in [0.15, 0.2) is 5.13 Å². The van der Waals surface area contributed by atoms with Gasteiger partial charge in [0, 0.05) is 30.6 Å². The molecular weight excluding hydrogens is 232 g/mol. The van der Waals surface area contributed by atoms with Gasteiger partial charge in [0.05, 0.1) is 5.69 Å². The molecule has 1 aromatic heterocycles. The lowest BCUT2D eigenvalue weighted by Crippen LogP contribution is -2.31. The van der Waals surface area contributed by atoms with Crippen LogP contribution < -0.4 is 10.2 Å². The number of aryl methyl sites for hydroxylation is 1. The van der Waals surface area contributed by atoms with Crippen LogP contribution in [0.15, 0.2) is 0 Å². The van der Waals surface area contributed by atoms with Gasteiger partial charge in [-0.25, -0.2) is 4.98 Å². The molecule has 0 spiro atoms. The Labute approximate surface area is 108 Å². The van der Waals surface area contributed by atoms with E-state index in [2.05, 4.69) is 36.1 Å². The van der Waals surface area contributed by atoms with Gasteiger partial charge in [0.25, 0.3) is 0 Å². The highest BCUT2D eigenvalue weighted by molar-refractivity contribution is 7.15. The summed E-state index contributed by atoms with van der Waals surface area (Å²) >= 11 is 1.83. The standard InChI is InChI=1S/C12H22N4S/c1-9-11(7-13-2)17-12(14-9)16-6-5-10(8-16)15(3)4/h10,13H,5-8H2,1-4H3. The Morgan fingerprint density at radius 3 is 2.88 bits per heavy atom. The lowest BCUT2D eigenvalue weighted by molar-refractivity contribution is 0.315. The van der Waals surface area contributed by atoms with E-state index in [1.807, 2.05) is 18.4 Å². The summed E-state index contributed by atoms with van der Waals surface area (Å²) in [5.74, 6) is 0. The smallest absolute Gasteiger partial charge is 0.185 e. The Morgan fingerprint density at radius 1 is 1.53 bits per heavy atom. The van der Waals surface area contributed by atoms with E-state index in [0.717, 1.165) is 19.6 Å². The summed E-state index contributed by atoms with van der Waals surface area (Å²) < 4.78 is 0. The van der Waals surface area contributed by atoms with Crippen LogP contribution in [0.25, 0.3) is 0 Å². The highest BCUT2D eigenvalue weighted by Crippen LogP contribution is 2.29. The van der Waals surface area contributed by atoms with Crippen molar-refractivity contribution in [1.29, 1.82) is 0 Å². The molecule has 4 nitrogen and oxygen atoms in total. The SMILES string of the molecule is CNCc1sc(N2CCC(N(C)C)C2)nc1C. The zero-order chi connectivity index (χ0) is 12.4. The molecule has 0 radical (unpaired) electrons. The van der Waals surface area contributed by atoms with Gasteiger partial charge in [-0.1, -0.05) is 0 Å². The fraction of sp³-hybridized carbons (Fsp3) is 0.750. The van der Waals surface area contributed by atoms with Gasteiger partial charge in [-0.2, -0.15) is 0 Å². The molecule has 1 atom stereocenters. The Hall–Kier alpha value is -0.650. The predicted octanol–water partition coefficient (Wildman–Crippen LogP) is 1.31. The van der Waals surface area contributed by atoms with Crippen molar-refractivity contribution in [2.75, 3.05) is 39.1 Å². The molecule has 0 bridgehead atoms. The van der Waals surface area contributed by atoms with Crippen molar-refractivity contribution in [1.82, 2.24) is 15.2 Å². The molecule has 1 aliphatic rings. The van der Waals surface area contributed by atoms with E-state index >= 15 is 0 Å². The van der Waals surface area contributed by atoms with Crippen molar-refractivity contribution in [3.63, 3.8) is 0 Å². The van der Waals surface area contributed by atoms with E-state index in [-0.39, 0.29) is 0 Å². The van der Waals surface area contributed by atoms with E-state index in [1.165, 1.54) is 22.1 Å². The summed E-state index contributed by atoms with van der Waals surface area (Å²) in [6.45, 7) is 5.27. The largest absolute Gasteiger partial charge is 0.346 e. The van der Waals surface area contributed by atoms with Crippen LogP contribution in [0, 0.1) is 6.92 Å². The van der Waals surface area contributed by atoms with Crippen molar-refractivity contribution in [2.45, 2.75) is 25.9 Å². The van der Waals surface area contributed by atoms with E-state index in [0.29, 0.717) is 6.04 Å². The van der Waals surface area contributed by atoms with Gasteiger partial charge in [-0.15, -0.1) is 11.3 Å². The monoisotopic (exact) mass is 254 g/mol. The third-order valence-electron chi connectivity index (χ3n) is 3.38. The number of aromatic nitrogens is 1. The summed E-state index contributed by atoms with van der Waals surface area (Å²) in [7, 11) is 6.30. The molecule has 0 saturated carbocycles. The first-order chi connectivity index (χ1) is 8.11. The Balaban J connectivity index is 2.06. The number of thiazole rings is 1. The molecule has 0 aromatic carbocycles. The van der Waals surface area contributed by atoms with Gasteiger partial charge in [0.2, 0.25) is 0 Å². The van der Waals surface area contributed by atoms with E-state index < -0.39 is 0 Å². The highest BCUT2D eigenvalue weighted by atomic mass is 32.1. The summed E-state index contributed by atoms with van der Waals surface area (Å²) in [6.07, 6.45) is 1.24. The topological polar surface area (TPSA) is 31.4 Å². The highest BCUT2D eigenvalue weighted by Gasteiger charge is 2.26. The van der Waals surface area contributed by atoms with Crippen LogP contribution in [-0.2, 0) is 6.54 Å². The summed E-state index contributed by atoms with van der Waals surface area (Å²) in [6, 6.07) is 0.673. The number of rotatable bonds is 4. The zero-order valence-corrected chi connectivity index (χ0v) is 12.0. The third kappa shape index (κ3) is 2.78. The van der Waals surface area contributed by atoms with E-state index in [4.69, 9.17) is 4.98 Å². The first-order valence-electron chi connectivity index (χ1n) is 6.14. The van der Waals surface area contributed by atoms with E-state index in [1.54, 1.807) is 0 Å². The second-order valence-electron chi connectivity index (χ2n) is 4.89. The minimum absolute atomic E-state index is 0.673. The zero-order valence-electron chi connectivity index (χ0n) is 11.2. The van der Waals surface area contributed by atoms with Gasteiger partial charge in [-0.05, 0) is 34.5 Å². The molecule has 1 aromatic rings. The van der Waals surface area contributed by atoms with Crippen LogP contribution in [0.5, 0.6) is 0 Å². The second-order valence-corrected chi connectivity index (χ2v) is 5.95. The molecule has 17 heavy (non-hydrogen) atoms. The lowest BCUT2D eigenvalue weighted by atomic mass is 10.2. The van der Waals surface area contributed by atoms with Gasteiger partial charge in [0.1, 0.15) is 0 Å². The van der Waals surface area contributed by atoms with Crippen molar-refractivity contribution >= 4 is 16.5 Å². The van der Waals surface area contributed by atoms with Gasteiger partial charge >= 0.3 is 0 Å². The van der Waals surface area contributed by atoms with Crippen LogP contribution in [0.1, 0.15) is 17.0 Å². The van der Waals surface area contributed by atoms with Crippen LogP contribution in [-0.4, -0.2) is 50.2 Å². The Bertz CT molecular complexity index is 375. The molecule has 1 N–H and O–H groups in total. The molecular formula is C12H22N4S. The molecule has 5 heteroatoms. The summed E-state index contributed by atoms with van der Waals surface area (Å²) in [4.78, 5) is 10.8. The van der Waals surface area contributed by atoms with Crippen LogP contribution in [0.2, 0.25) is 0 Å². The molecule has 0 aliphatic carbocycles. The van der Waals surface area contributed by atoms with Crippen molar-refractivity contribution < 1.29 is 0 Å². The van der Waals surface area contributed by atoms with E-state index in [9.17, 15) is 0 Å². The maximum atomic E-state index is 4.69. The van der Waals surface area contributed by atoms with Crippen molar-refractivity contribution in [3.05, 3.63) is 10.6 Å². The molecule has 1 unspecified atom stereocenters. The van der Waals surface area contributed by atoms with Crippen LogP contribution >= 0.6 is 11.3 Å². The average Bonchev–Trinajstić information content (AvgIpc) is 2.86. The van der Waals surface area contributed by atoms with Gasteiger partial charge < -0.3 is 15.1 Å². The maximum Gasteiger partial charge on any atom is 0.185 e. The maximum absolute atomic E-state index is 4.69. The lowest BCUT2D eigenvalue weighted by Gasteiger charge is -2.19. The molecule has 1 saturated heterocycles. The molecule has 1 aliphatic heterocycles. The number of hydrogen-bond donors (Lipinski definition) is 1. The van der Waals surface area contributed by atoms with Gasteiger partial charge in [-0.3, -0.25) is 0 Å². The van der Waals surface area contributed by atoms with Crippen LogP contribution in [0.4, 0.5) is 5.13 Å². The predicted molar refractivity (Wildman–Crippen MR) is 73.9 cm³/mol. The first kappa shape index (κ1) is 12.8. The summed E-state index contributed by atoms with van der Waals surface area (Å²) in [5, 5.41) is 4.39. The average molecular weight is 254 g/mol. The number of nitrogens with one attached hydrogen (secondary N) is 1. The third-order valence-corrected chi connectivity index (χ3v) is 4.60. The fourth-order valence-electron chi connectivity index (χ4n) is 2.21. The minimum atomic E-state index is 0.673. The normalized spacial score (nSPS) is 20.5. The fourth-order valence-corrected chi connectivity index (χ4v) is 3.32. The minimum Gasteiger partial charge on any atom is -0.346 e. The second kappa shape index (κ2) is 5.33. The molecule has 1 fully saturated rings. The quantitative estimate of drug-likeness (QED) is 0.878. The summed E-state index contributed by atoms with van der Waals surface area (Å²) in [5.41, 5.74) is 1.17. The molecule has 0 amide bonds. The number of hydrogen-bond acceptors (Lipinski definition) is 5. The number of anilines is 1. The van der Waals surface area contributed by atoms with Crippen molar-refractivity contribution in [3.8, 4) is 0 Å². The number of likely N-dealkylation sites (N-methyl/N-ethyl adjacent to an activating group) is 1. The molecule has 96 valence electrons. The van der Waals surface area contributed by atoms with Crippen molar-refractivity contribution in [2.24, 2.45) is 0 Å². The number of nitrogens with zero attached hydrogens (tertiary/aromatic N) is 3. The Kier molecular flexibility index (Phi) is 4.01. The van der Waals surface area contributed by atoms with Crippen LogP contribution in [0.3, 0.4) is 0 Å². The Morgan fingerprint density at radius 2 is 2.29 bits per heavy atom. The molecule has 2 rings (SSSR count). The molecule has 2 heterocycles.